The summed E-state index contributed by atoms with van der Waals surface area (Å²) >= 11 is 0. The zero-order valence-corrected chi connectivity index (χ0v) is 18.9. The van der Waals surface area contributed by atoms with Crippen LogP contribution in [0.5, 0.6) is 17.2 Å². The van der Waals surface area contributed by atoms with Crippen molar-refractivity contribution in [2.45, 2.75) is 6.92 Å². The number of nitrogens with one attached hydrogen (secondary N) is 2. The lowest BCUT2D eigenvalue weighted by Gasteiger charge is -2.13. The fourth-order valence-electron chi connectivity index (χ4n) is 3.00. The van der Waals surface area contributed by atoms with E-state index < -0.39 is 5.91 Å². The normalized spacial score (nSPS) is 10.5. The molecule has 3 aromatic rings. The predicted octanol–water partition coefficient (Wildman–Crippen LogP) is 3.46. The maximum Gasteiger partial charge on any atom is 0.273 e. The first-order valence-corrected chi connectivity index (χ1v) is 10.5. The van der Waals surface area contributed by atoms with Crippen LogP contribution in [-0.2, 0) is 4.79 Å². The Morgan fingerprint density at radius 1 is 0.971 bits per heavy atom. The summed E-state index contributed by atoms with van der Waals surface area (Å²) < 4.78 is 16.5. The van der Waals surface area contributed by atoms with Gasteiger partial charge in [-0.1, -0.05) is 24.3 Å². The number of nitrogens with two attached hydrogens (primary N) is 1. The van der Waals surface area contributed by atoms with Gasteiger partial charge >= 0.3 is 0 Å². The molecule has 0 bridgehead atoms. The molecular formula is C25H26N4O5. The zero-order chi connectivity index (χ0) is 24.3. The third kappa shape index (κ3) is 6.49. The second-order valence-corrected chi connectivity index (χ2v) is 6.96. The van der Waals surface area contributed by atoms with Crippen molar-refractivity contribution in [1.82, 2.24) is 5.43 Å². The number of methoxy groups -OCH3 is 1. The van der Waals surface area contributed by atoms with Gasteiger partial charge in [0.1, 0.15) is 5.75 Å². The van der Waals surface area contributed by atoms with Crippen molar-refractivity contribution in [2.24, 2.45) is 5.10 Å². The molecule has 2 amide bonds. The average molecular weight is 463 g/mol. The first-order valence-electron chi connectivity index (χ1n) is 10.5. The highest BCUT2D eigenvalue weighted by Crippen LogP contribution is 2.28. The quantitative estimate of drug-likeness (QED) is 0.241. The van der Waals surface area contributed by atoms with Crippen molar-refractivity contribution in [3.8, 4) is 17.2 Å². The molecule has 0 saturated heterocycles. The number of carbonyl (C=O) groups is 2. The fraction of sp³-hybridized carbons (Fsp3) is 0.160. The number of rotatable bonds is 10. The van der Waals surface area contributed by atoms with Gasteiger partial charge in [0, 0.05) is 5.69 Å². The lowest BCUT2D eigenvalue weighted by molar-refractivity contribution is -0.118. The van der Waals surface area contributed by atoms with E-state index in [0.717, 1.165) is 0 Å². The Kier molecular flexibility index (Phi) is 8.45. The summed E-state index contributed by atoms with van der Waals surface area (Å²) in [5.74, 6) is 0.628. The minimum atomic E-state index is -0.416. The van der Waals surface area contributed by atoms with Crippen LogP contribution in [0.25, 0.3) is 0 Å². The molecule has 0 heterocycles. The molecule has 9 nitrogen and oxygen atoms in total. The lowest BCUT2D eigenvalue weighted by Crippen LogP contribution is -2.20. The van der Waals surface area contributed by atoms with Crippen LogP contribution in [0.15, 0.2) is 71.8 Å². The van der Waals surface area contributed by atoms with Crippen molar-refractivity contribution < 1.29 is 23.8 Å². The minimum Gasteiger partial charge on any atom is -0.495 e. The Bertz CT molecular complexity index is 1180. The van der Waals surface area contributed by atoms with E-state index in [1.54, 1.807) is 60.7 Å². The fourth-order valence-corrected chi connectivity index (χ4v) is 3.00. The molecule has 0 spiro atoms. The molecule has 0 unspecified atom stereocenters. The predicted molar refractivity (Wildman–Crippen MR) is 131 cm³/mol. The number of amides is 2. The Morgan fingerprint density at radius 3 is 2.50 bits per heavy atom. The summed E-state index contributed by atoms with van der Waals surface area (Å²) in [7, 11) is 1.53. The topological polar surface area (TPSA) is 124 Å². The molecule has 0 aliphatic carbocycles. The molecule has 0 aromatic heterocycles. The third-order valence-electron chi connectivity index (χ3n) is 4.59. The Morgan fingerprint density at radius 2 is 1.74 bits per heavy atom. The molecule has 3 aromatic carbocycles. The van der Waals surface area contributed by atoms with Crippen molar-refractivity contribution in [1.29, 1.82) is 0 Å². The molecule has 0 fully saturated rings. The molecule has 9 heteroatoms. The Balaban J connectivity index is 1.62. The van der Waals surface area contributed by atoms with Gasteiger partial charge in [0.05, 0.1) is 31.2 Å². The van der Waals surface area contributed by atoms with Gasteiger partial charge in [0.15, 0.2) is 18.1 Å². The second kappa shape index (κ2) is 11.9. The third-order valence-corrected chi connectivity index (χ3v) is 4.59. The Hall–Kier alpha value is -4.53. The monoisotopic (exact) mass is 462 g/mol. The second-order valence-electron chi connectivity index (χ2n) is 6.96. The smallest absolute Gasteiger partial charge is 0.273 e. The van der Waals surface area contributed by atoms with E-state index in [0.29, 0.717) is 46.4 Å². The summed E-state index contributed by atoms with van der Waals surface area (Å²) in [5, 5.41) is 6.73. The van der Waals surface area contributed by atoms with Gasteiger partial charge in [-0.05, 0) is 55.0 Å². The number of nitrogens with zero attached hydrogens (tertiary/aromatic N) is 1. The van der Waals surface area contributed by atoms with Crippen molar-refractivity contribution in [3.05, 3.63) is 77.9 Å². The van der Waals surface area contributed by atoms with Crippen LogP contribution in [0, 0.1) is 0 Å². The van der Waals surface area contributed by atoms with E-state index in [4.69, 9.17) is 19.9 Å². The highest BCUT2D eigenvalue weighted by Gasteiger charge is 2.11. The number of hydrazone groups is 1. The van der Waals surface area contributed by atoms with Crippen molar-refractivity contribution in [3.63, 3.8) is 0 Å². The first kappa shape index (κ1) is 24.1. The van der Waals surface area contributed by atoms with Gasteiger partial charge < -0.3 is 25.3 Å². The summed E-state index contributed by atoms with van der Waals surface area (Å²) in [4.78, 5) is 24.5. The molecular weight excluding hydrogens is 436 g/mol. The molecule has 0 atom stereocenters. The van der Waals surface area contributed by atoms with Crippen molar-refractivity contribution in [2.75, 3.05) is 31.4 Å². The molecule has 0 saturated carbocycles. The first-order chi connectivity index (χ1) is 16.5. The molecule has 34 heavy (non-hydrogen) atoms. The van der Waals surface area contributed by atoms with E-state index in [9.17, 15) is 9.59 Å². The number of hydrogen-bond donors (Lipinski definition) is 3. The molecule has 0 aliphatic rings. The lowest BCUT2D eigenvalue weighted by atomic mass is 10.2. The van der Waals surface area contributed by atoms with Crippen LogP contribution in [0.1, 0.15) is 22.8 Å². The molecule has 0 aliphatic heterocycles. The number of benzene rings is 3. The minimum absolute atomic E-state index is 0.222. The maximum atomic E-state index is 12.3. The average Bonchev–Trinajstić information content (AvgIpc) is 2.84. The molecule has 3 rings (SSSR count). The van der Waals surface area contributed by atoms with Crippen LogP contribution in [0.4, 0.5) is 11.4 Å². The largest absolute Gasteiger partial charge is 0.495 e. The van der Waals surface area contributed by atoms with Gasteiger partial charge in [-0.25, -0.2) is 5.43 Å². The van der Waals surface area contributed by atoms with E-state index >= 15 is 0 Å². The number of anilines is 2. The van der Waals surface area contributed by atoms with Gasteiger partial charge in [0.25, 0.3) is 11.8 Å². The number of hydrogen-bond acceptors (Lipinski definition) is 7. The molecule has 0 radical (unpaired) electrons. The summed E-state index contributed by atoms with van der Waals surface area (Å²) in [6.07, 6.45) is 1.47. The van der Waals surface area contributed by atoms with Gasteiger partial charge in [-0.2, -0.15) is 5.10 Å². The number of ether oxygens (including phenoxy) is 3. The summed E-state index contributed by atoms with van der Waals surface area (Å²) in [6.45, 7) is 2.01. The number of nitrogen functional groups attached to an aromatic ring is 1. The zero-order valence-electron chi connectivity index (χ0n) is 18.9. The summed E-state index contributed by atoms with van der Waals surface area (Å²) in [6, 6.07) is 18.9. The maximum absolute atomic E-state index is 12.3. The Labute approximate surface area is 197 Å². The highest BCUT2D eigenvalue weighted by molar-refractivity contribution is 5.99. The van der Waals surface area contributed by atoms with Crippen LogP contribution in [0.3, 0.4) is 0 Å². The van der Waals surface area contributed by atoms with Gasteiger partial charge in [-0.3, -0.25) is 9.59 Å². The molecule has 176 valence electrons. The van der Waals surface area contributed by atoms with E-state index in [-0.39, 0.29) is 12.5 Å². The van der Waals surface area contributed by atoms with Crippen LogP contribution in [0.2, 0.25) is 0 Å². The standard InChI is InChI=1S/C25H26N4O5/c1-3-33-23-14-17(15-27-29-25(31)18-8-4-5-9-19(18)26)12-13-22(23)34-16-24(30)28-20-10-6-7-11-21(20)32-2/h4-15H,3,16,26H2,1-2H3,(H,28,30)(H,29,31)/b27-15+. The highest BCUT2D eigenvalue weighted by atomic mass is 16.5. The summed E-state index contributed by atoms with van der Waals surface area (Å²) in [5.41, 5.74) is 10.2. The number of carbonyl (C=O) groups excluding carboxylic acids is 2. The van der Waals surface area contributed by atoms with Gasteiger partial charge in [0.2, 0.25) is 0 Å². The van der Waals surface area contributed by atoms with E-state index in [1.165, 1.54) is 13.3 Å². The van der Waals surface area contributed by atoms with Crippen LogP contribution in [-0.4, -0.2) is 38.4 Å². The molecule has 4 N–H and O–H groups in total. The van der Waals surface area contributed by atoms with Gasteiger partial charge in [-0.15, -0.1) is 0 Å². The van der Waals surface area contributed by atoms with E-state index in [2.05, 4.69) is 15.8 Å². The van der Waals surface area contributed by atoms with Crippen LogP contribution < -0.4 is 30.7 Å². The number of para-hydroxylation sites is 3. The SMILES string of the molecule is CCOc1cc(/C=N/NC(=O)c2ccccc2N)ccc1OCC(=O)Nc1ccccc1OC. The van der Waals surface area contributed by atoms with E-state index in [1.807, 2.05) is 13.0 Å². The van der Waals surface area contributed by atoms with Crippen molar-refractivity contribution >= 4 is 29.4 Å². The van der Waals surface area contributed by atoms with Crippen LogP contribution >= 0.6 is 0 Å².